The fraction of sp³-hybridized carbons (Fsp3) is 0.368. The minimum atomic E-state index is 0.569. The maximum Gasteiger partial charge on any atom is 0.223 e. The molecule has 7 heteroatoms. The lowest BCUT2D eigenvalue weighted by molar-refractivity contribution is 0.394. The molecule has 0 amide bonds. The first-order valence-electron chi connectivity index (χ1n) is 8.89. The summed E-state index contributed by atoms with van der Waals surface area (Å²) in [5.41, 5.74) is 4.52. The van der Waals surface area contributed by atoms with Gasteiger partial charge in [0.2, 0.25) is 11.7 Å². The zero-order valence-electron chi connectivity index (χ0n) is 15.0. The van der Waals surface area contributed by atoms with Crippen molar-refractivity contribution in [3.8, 4) is 11.4 Å². The summed E-state index contributed by atoms with van der Waals surface area (Å²) in [5.74, 6) is 2.95. The smallest absolute Gasteiger partial charge is 0.223 e. The molecule has 0 fully saturated rings. The van der Waals surface area contributed by atoms with Crippen LogP contribution in [0.5, 0.6) is 0 Å². The summed E-state index contributed by atoms with van der Waals surface area (Å²) >= 11 is 0. The van der Waals surface area contributed by atoms with Gasteiger partial charge in [-0.2, -0.15) is 4.98 Å². The number of fused-ring (bicyclic) bond motifs is 1. The first-order valence-corrected chi connectivity index (χ1v) is 8.89. The second-order valence-corrected chi connectivity index (χ2v) is 6.48. The van der Waals surface area contributed by atoms with Crippen LogP contribution in [0.2, 0.25) is 0 Å². The van der Waals surface area contributed by atoms with Crippen molar-refractivity contribution in [3.05, 3.63) is 52.8 Å². The molecule has 0 bridgehead atoms. The van der Waals surface area contributed by atoms with Gasteiger partial charge in [-0.25, -0.2) is 9.97 Å². The first-order chi connectivity index (χ1) is 12.7. The van der Waals surface area contributed by atoms with Crippen LogP contribution in [0.3, 0.4) is 0 Å². The minimum absolute atomic E-state index is 0.569. The molecule has 3 aromatic rings. The van der Waals surface area contributed by atoms with E-state index in [1.165, 1.54) is 11.1 Å². The fourth-order valence-electron chi connectivity index (χ4n) is 3.19. The second kappa shape index (κ2) is 7.21. The number of hydrogen-bond acceptors (Lipinski definition) is 7. The van der Waals surface area contributed by atoms with Crippen LogP contribution in [0.15, 0.2) is 28.8 Å². The molecule has 1 aromatic carbocycles. The van der Waals surface area contributed by atoms with Gasteiger partial charge in [0.05, 0.1) is 5.69 Å². The Morgan fingerprint density at radius 2 is 1.85 bits per heavy atom. The number of benzene rings is 1. The normalized spacial score (nSPS) is 13.9. The Kier molecular flexibility index (Phi) is 4.62. The molecule has 3 heterocycles. The van der Waals surface area contributed by atoms with Crippen molar-refractivity contribution in [3.63, 3.8) is 0 Å². The van der Waals surface area contributed by atoms with Gasteiger partial charge in [0.15, 0.2) is 0 Å². The number of nitrogens with one attached hydrogen (secondary N) is 2. The molecular weight excluding hydrogens is 328 g/mol. The van der Waals surface area contributed by atoms with E-state index in [1.54, 1.807) is 6.92 Å². The SMILES string of the molecule is Cc1nc2c(c(NCc3ccc(-c4noc(C)n4)cc3)n1)CCNCC2. The quantitative estimate of drug-likeness (QED) is 0.747. The van der Waals surface area contributed by atoms with E-state index < -0.39 is 0 Å². The number of aromatic nitrogens is 4. The van der Waals surface area contributed by atoms with E-state index in [0.29, 0.717) is 18.3 Å². The zero-order valence-corrected chi connectivity index (χ0v) is 15.0. The minimum Gasteiger partial charge on any atom is -0.366 e. The molecule has 0 atom stereocenters. The van der Waals surface area contributed by atoms with E-state index >= 15 is 0 Å². The summed E-state index contributed by atoms with van der Waals surface area (Å²) in [6, 6.07) is 8.17. The predicted molar refractivity (Wildman–Crippen MR) is 98.8 cm³/mol. The summed E-state index contributed by atoms with van der Waals surface area (Å²) in [6.45, 7) is 6.39. The molecule has 26 heavy (non-hydrogen) atoms. The highest BCUT2D eigenvalue weighted by Crippen LogP contribution is 2.21. The Bertz CT molecular complexity index is 903. The summed E-state index contributed by atoms with van der Waals surface area (Å²) < 4.78 is 5.04. The van der Waals surface area contributed by atoms with Crippen LogP contribution in [0, 0.1) is 13.8 Å². The lowest BCUT2D eigenvalue weighted by Gasteiger charge is -2.14. The van der Waals surface area contributed by atoms with Gasteiger partial charge in [-0.3, -0.25) is 0 Å². The van der Waals surface area contributed by atoms with Crippen LogP contribution < -0.4 is 10.6 Å². The third-order valence-electron chi connectivity index (χ3n) is 4.49. The molecule has 1 aliphatic heterocycles. The molecule has 4 rings (SSSR count). The second-order valence-electron chi connectivity index (χ2n) is 6.48. The third-order valence-corrected chi connectivity index (χ3v) is 4.49. The monoisotopic (exact) mass is 350 g/mol. The number of rotatable bonds is 4. The van der Waals surface area contributed by atoms with Crippen LogP contribution in [0.4, 0.5) is 5.82 Å². The molecule has 0 unspecified atom stereocenters. The highest BCUT2D eigenvalue weighted by Gasteiger charge is 2.15. The van der Waals surface area contributed by atoms with Crippen molar-refractivity contribution in [2.24, 2.45) is 0 Å². The summed E-state index contributed by atoms with van der Waals surface area (Å²) in [7, 11) is 0. The number of anilines is 1. The Labute approximate surface area is 152 Å². The van der Waals surface area contributed by atoms with Gasteiger partial charge in [-0.1, -0.05) is 29.4 Å². The van der Waals surface area contributed by atoms with E-state index in [1.807, 2.05) is 19.1 Å². The van der Waals surface area contributed by atoms with Crippen LogP contribution >= 0.6 is 0 Å². The highest BCUT2D eigenvalue weighted by molar-refractivity contribution is 5.55. The average Bonchev–Trinajstić information content (AvgIpc) is 2.94. The molecule has 0 saturated carbocycles. The van der Waals surface area contributed by atoms with Crippen molar-refractivity contribution >= 4 is 5.82 Å². The van der Waals surface area contributed by atoms with Crippen LogP contribution in [0.25, 0.3) is 11.4 Å². The van der Waals surface area contributed by atoms with E-state index in [0.717, 1.165) is 48.8 Å². The number of hydrogen-bond donors (Lipinski definition) is 2. The molecular formula is C19H22N6O. The van der Waals surface area contributed by atoms with E-state index in [2.05, 4.69) is 42.9 Å². The molecule has 1 aliphatic rings. The first kappa shape index (κ1) is 16.7. The van der Waals surface area contributed by atoms with Crippen molar-refractivity contribution in [2.45, 2.75) is 33.2 Å². The zero-order chi connectivity index (χ0) is 17.9. The van der Waals surface area contributed by atoms with E-state index in [-0.39, 0.29) is 0 Å². The van der Waals surface area contributed by atoms with Gasteiger partial charge in [-0.15, -0.1) is 0 Å². The molecule has 2 aromatic heterocycles. The van der Waals surface area contributed by atoms with Gasteiger partial charge in [0.1, 0.15) is 11.6 Å². The fourth-order valence-corrected chi connectivity index (χ4v) is 3.19. The molecule has 7 nitrogen and oxygen atoms in total. The van der Waals surface area contributed by atoms with Gasteiger partial charge in [0, 0.05) is 37.6 Å². The lowest BCUT2D eigenvalue weighted by atomic mass is 10.1. The summed E-state index contributed by atoms with van der Waals surface area (Å²) in [5, 5.41) is 10.9. The van der Waals surface area contributed by atoms with Crippen molar-refractivity contribution in [1.29, 1.82) is 0 Å². The highest BCUT2D eigenvalue weighted by atomic mass is 16.5. The van der Waals surface area contributed by atoms with Crippen molar-refractivity contribution in [2.75, 3.05) is 18.4 Å². The van der Waals surface area contributed by atoms with Gasteiger partial charge in [-0.05, 0) is 25.5 Å². The van der Waals surface area contributed by atoms with Crippen molar-refractivity contribution in [1.82, 2.24) is 25.4 Å². The summed E-state index contributed by atoms with van der Waals surface area (Å²) in [4.78, 5) is 13.5. The Hall–Kier alpha value is -2.80. The Morgan fingerprint density at radius 3 is 2.62 bits per heavy atom. The molecule has 2 N–H and O–H groups in total. The average molecular weight is 350 g/mol. The molecule has 134 valence electrons. The third kappa shape index (κ3) is 3.57. The maximum atomic E-state index is 5.04. The summed E-state index contributed by atoms with van der Waals surface area (Å²) in [6.07, 6.45) is 1.90. The largest absolute Gasteiger partial charge is 0.366 e. The molecule has 0 saturated heterocycles. The number of nitrogens with zero attached hydrogens (tertiary/aromatic N) is 4. The predicted octanol–water partition coefficient (Wildman–Crippen LogP) is 2.44. The topological polar surface area (TPSA) is 88.8 Å². The van der Waals surface area contributed by atoms with Crippen LogP contribution in [0.1, 0.15) is 28.5 Å². The molecule has 0 spiro atoms. The van der Waals surface area contributed by atoms with Crippen molar-refractivity contribution < 1.29 is 4.52 Å². The Morgan fingerprint density at radius 1 is 1.04 bits per heavy atom. The Balaban J connectivity index is 1.50. The standard InChI is InChI=1S/C19H22N6O/c1-12-22-17-8-10-20-9-7-16(17)19(23-12)21-11-14-3-5-15(6-4-14)18-24-13(2)26-25-18/h3-6,20H,7-11H2,1-2H3,(H,21,22,23). The van der Waals surface area contributed by atoms with E-state index in [9.17, 15) is 0 Å². The molecule has 0 radical (unpaired) electrons. The lowest BCUT2D eigenvalue weighted by Crippen LogP contribution is -2.16. The maximum absolute atomic E-state index is 5.04. The molecule has 0 aliphatic carbocycles. The van der Waals surface area contributed by atoms with Crippen LogP contribution in [-0.2, 0) is 19.4 Å². The van der Waals surface area contributed by atoms with Gasteiger partial charge >= 0.3 is 0 Å². The van der Waals surface area contributed by atoms with Gasteiger partial charge < -0.3 is 15.2 Å². The van der Waals surface area contributed by atoms with Gasteiger partial charge in [0.25, 0.3) is 0 Å². The van der Waals surface area contributed by atoms with E-state index in [4.69, 9.17) is 4.52 Å². The number of aryl methyl sites for hydroxylation is 2. The van der Waals surface area contributed by atoms with Crippen LogP contribution in [-0.4, -0.2) is 33.2 Å².